The van der Waals surface area contributed by atoms with E-state index in [0.29, 0.717) is 38.3 Å². The van der Waals surface area contributed by atoms with E-state index in [1.807, 2.05) is 37.8 Å². The van der Waals surface area contributed by atoms with E-state index >= 15 is 0 Å². The molecule has 6 heteroatoms. The van der Waals surface area contributed by atoms with E-state index in [4.69, 9.17) is 4.74 Å². The largest absolute Gasteiger partial charge is 0.444 e. The van der Waals surface area contributed by atoms with Crippen LogP contribution in [0.15, 0.2) is 12.4 Å². The molecular formula is C18H28N4O2. The number of piperidine rings is 1. The highest BCUT2D eigenvalue weighted by molar-refractivity contribution is 5.68. The van der Waals surface area contributed by atoms with Gasteiger partial charge in [0.15, 0.2) is 0 Å². The van der Waals surface area contributed by atoms with Crippen LogP contribution in [0.25, 0.3) is 0 Å². The lowest BCUT2D eigenvalue weighted by molar-refractivity contribution is 0.0105. The van der Waals surface area contributed by atoms with Crippen LogP contribution in [0.5, 0.6) is 0 Å². The normalized spacial score (nSPS) is 17.6. The number of carbonyl (C=O) groups excluding carboxylic acids is 1. The summed E-state index contributed by atoms with van der Waals surface area (Å²) in [5.41, 5.74) is 0.342. The topological polar surface area (TPSA) is 71.2 Å². The molecule has 0 unspecified atom stereocenters. The molecule has 132 valence electrons. The van der Waals surface area contributed by atoms with Crippen LogP contribution >= 0.6 is 0 Å². The van der Waals surface area contributed by atoms with E-state index in [0.717, 1.165) is 0 Å². The second-order valence-corrected chi connectivity index (χ2v) is 7.90. The zero-order valence-corrected chi connectivity index (χ0v) is 15.4. The van der Waals surface area contributed by atoms with Crippen LogP contribution in [0.2, 0.25) is 0 Å². The number of ether oxygens (including phenoxy) is 1. The maximum Gasteiger partial charge on any atom is 0.410 e. The highest BCUT2D eigenvalue weighted by Crippen LogP contribution is 2.34. The Bertz CT molecular complexity index is 614. The van der Waals surface area contributed by atoms with Crippen molar-refractivity contribution in [2.45, 2.75) is 70.9 Å². The number of rotatable bonds is 3. The zero-order valence-electron chi connectivity index (χ0n) is 15.4. The Morgan fingerprint density at radius 2 is 2.04 bits per heavy atom. The van der Waals surface area contributed by atoms with Gasteiger partial charge in [0.25, 0.3) is 0 Å². The molecule has 24 heavy (non-hydrogen) atoms. The van der Waals surface area contributed by atoms with Gasteiger partial charge in [-0.05, 0) is 45.1 Å². The Morgan fingerprint density at radius 1 is 1.42 bits per heavy atom. The summed E-state index contributed by atoms with van der Waals surface area (Å²) >= 11 is 0. The fourth-order valence-electron chi connectivity index (χ4n) is 2.96. The lowest BCUT2D eigenvalue weighted by Gasteiger charge is -2.41. The molecule has 1 aromatic heterocycles. The molecule has 1 aromatic rings. The summed E-state index contributed by atoms with van der Waals surface area (Å²) in [5.74, 6) is 0.403. The molecule has 1 aliphatic heterocycles. The Balaban J connectivity index is 2.11. The molecule has 1 aliphatic rings. The third-order valence-corrected chi connectivity index (χ3v) is 4.51. The van der Waals surface area contributed by atoms with Gasteiger partial charge in [-0.25, -0.2) is 4.79 Å². The van der Waals surface area contributed by atoms with Gasteiger partial charge in [-0.1, -0.05) is 13.8 Å². The summed E-state index contributed by atoms with van der Waals surface area (Å²) < 4.78 is 7.39. The van der Waals surface area contributed by atoms with Gasteiger partial charge in [0.05, 0.1) is 24.2 Å². The van der Waals surface area contributed by atoms with Crippen LogP contribution in [-0.2, 0) is 10.3 Å². The Morgan fingerprint density at radius 3 is 2.50 bits per heavy atom. The van der Waals surface area contributed by atoms with Crippen molar-refractivity contribution in [3.05, 3.63) is 18.0 Å². The minimum Gasteiger partial charge on any atom is -0.444 e. The monoisotopic (exact) mass is 332 g/mol. The molecule has 0 atom stereocenters. The third-order valence-electron chi connectivity index (χ3n) is 4.51. The first-order valence-electron chi connectivity index (χ1n) is 8.57. The number of hydrogen-bond donors (Lipinski definition) is 0. The highest BCUT2D eigenvalue weighted by atomic mass is 16.6. The van der Waals surface area contributed by atoms with Crippen molar-refractivity contribution in [1.29, 1.82) is 5.26 Å². The van der Waals surface area contributed by atoms with E-state index in [1.54, 1.807) is 4.90 Å². The van der Waals surface area contributed by atoms with Gasteiger partial charge in [0.1, 0.15) is 5.60 Å². The number of carbonyl (C=O) groups is 1. The number of likely N-dealkylation sites (tertiary alicyclic amines) is 1. The average molecular weight is 332 g/mol. The van der Waals surface area contributed by atoms with E-state index in [2.05, 4.69) is 25.0 Å². The predicted molar refractivity (Wildman–Crippen MR) is 91.6 cm³/mol. The maximum absolute atomic E-state index is 12.2. The van der Waals surface area contributed by atoms with Gasteiger partial charge in [0, 0.05) is 19.3 Å². The second kappa shape index (κ2) is 6.84. The first-order valence-corrected chi connectivity index (χ1v) is 8.57. The van der Waals surface area contributed by atoms with E-state index in [1.165, 1.54) is 5.56 Å². The third kappa shape index (κ3) is 4.08. The number of nitrogens with zero attached hydrogens (tertiary/aromatic N) is 4. The standard InChI is InChI=1S/C18H28N4O2/c1-14(2)15-12-20-22(13-15)18(6-9-19)7-10-21(11-8-18)16(23)24-17(3,4)5/h12-14H,6-8,10-11H2,1-5H3. The van der Waals surface area contributed by atoms with Crippen LogP contribution in [0, 0.1) is 11.3 Å². The average Bonchev–Trinajstić information content (AvgIpc) is 2.97. The summed E-state index contributed by atoms with van der Waals surface area (Å²) in [4.78, 5) is 14.0. The van der Waals surface area contributed by atoms with Gasteiger partial charge in [-0.2, -0.15) is 10.4 Å². The van der Waals surface area contributed by atoms with Gasteiger partial charge in [0.2, 0.25) is 0 Å². The fraction of sp³-hybridized carbons (Fsp3) is 0.722. The molecular weight excluding hydrogens is 304 g/mol. The lowest BCUT2D eigenvalue weighted by Crippen LogP contribution is -2.49. The van der Waals surface area contributed by atoms with Gasteiger partial charge in [-0.15, -0.1) is 0 Å². The molecule has 0 spiro atoms. The summed E-state index contributed by atoms with van der Waals surface area (Å²) in [6.07, 6.45) is 5.46. The quantitative estimate of drug-likeness (QED) is 0.847. The maximum atomic E-state index is 12.2. The summed E-state index contributed by atoms with van der Waals surface area (Å²) in [5, 5.41) is 13.8. The molecule has 2 rings (SSSR count). The summed E-state index contributed by atoms with van der Waals surface area (Å²) in [6, 6.07) is 2.30. The van der Waals surface area contributed by atoms with E-state index in [9.17, 15) is 10.1 Å². The Hall–Kier alpha value is -2.03. The predicted octanol–water partition coefficient (Wildman–Crippen LogP) is 3.65. The van der Waals surface area contributed by atoms with Gasteiger partial charge < -0.3 is 9.64 Å². The Kier molecular flexibility index (Phi) is 5.22. The molecule has 1 amide bonds. The van der Waals surface area contributed by atoms with Gasteiger partial charge in [-0.3, -0.25) is 4.68 Å². The SMILES string of the molecule is CC(C)c1cnn(C2(CC#N)CCN(C(=O)OC(C)(C)C)CC2)c1. The van der Waals surface area contributed by atoms with Gasteiger partial charge >= 0.3 is 6.09 Å². The zero-order chi connectivity index (χ0) is 18.0. The van der Waals surface area contributed by atoms with Crippen molar-refractivity contribution in [1.82, 2.24) is 14.7 Å². The minimum absolute atomic E-state index is 0.281. The summed E-state index contributed by atoms with van der Waals surface area (Å²) in [7, 11) is 0. The highest BCUT2D eigenvalue weighted by Gasteiger charge is 2.39. The second-order valence-electron chi connectivity index (χ2n) is 7.90. The van der Waals surface area contributed by atoms with Crippen molar-refractivity contribution >= 4 is 6.09 Å². The number of amides is 1. The lowest BCUT2D eigenvalue weighted by atomic mass is 9.85. The number of aromatic nitrogens is 2. The molecule has 1 saturated heterocycles. The minimum atomic E-state index is -0.494. The number of nitriles is 1. The first-order chi connectivity index (χ1) is 11.2. The molecule has 6 nitrogen and oxygen atoms in total. The molecule has 1 fully saturated rings. The molecule has 0 aliphatic carbocycles. The number of hydrogen-bond acceptors (Lipinski definition) is 4. The molecule has 0 aromatic carbocycles. The molecule has 0 N–H and O–H groups in total. The van der Waals surface area contributed by atoms with Crippen LogP contribution in [-0.4, -0.2) is 39.5 Å². The van der Waals surface area contributed by atoms with Crippen LogP contribution in [0.1, 0.15) is 65.4 Å². The van der Waals surface area contributed by atoms with Crippen LogP contribution in [0.3, 0.4) is 0 Å². The van der Waals surface area contributed by atoms with E-state index in [-0.39, 0.29) is 11.6 Å². The molecule has 0 saturated carbocycles. The van der Waals surface area contributed by atoms with Crippen LogP contribution < -0.4 is 0 Å². The molecule has 2 heterocycles. The van der Waals surface area contributed by atoms with Crippen molar-refractivity contribution in [3.63, 3.8) is 0 Å². The Labute approximate surface area is 144 Å². The molecule has 0 bridgehead atoms. The first kappa shape index (κ1) is 18.3. The van der Waals surface area contributed by atoms with Crippen molar-refractivity contribution in [2.24, 2.45) is 0 Å². The van der Waals surface area contributed by atoms with Crippen molar-refractivity contribution < 1.29 is 9.53 Å². The fourth-order valence-corrected chi connectivity index (χ4v) is 2.96. The van der Waals surface area contributed by atoms with Crippen LogP contribution in [0.4, 0.5) is 4.79 Å². The van der Waals surface area contributed by atoms with E-state index < -0.39 is 5.60 Å². The van der Waals surface area contributed by atoms with Crippen molar-refractivity contribution in [2.75, 3.05) is 13.1 Å². The summed E-state index contributed by atoms with van der Waals surface area (Å²) in [6.45, 7) is 11.0. The smallest absolute Gasteiger partial charge is 0.410 e. The van der Waals surface area contributed by atoms with Crippen molar-refractivity contribution in [3.8, 4) is 6.07 Å². The molecule has 0 radical (unpaired) electrons.